The van der Waals surface area contributed by atoms with Gasteiger partial charge in [-0.1, -0.05) is 27.7 Å². The van der Waals surface area contributed by atoms with Gasteiger partial charge in [-0.15, -0.1) is 0 Å². The highest BCUT2D eigenvalue weighted by Gasteiger charge is 2.34. The lowest BCUT2D eigenvalue weighted by Gasteiger charge is -2.36. The van der Waals surface area contributed by atoms with Crippen molar-refractivity contribution in [1.29, 1.82) is 0 Å². The Hall–Kier alpha value is -1.06. The molecule has 4 nitrogen and oxygen atoms in total. The van der Waals surface area contributed by atoms with Gasteiger partial charge in [-0.25, -0.2) is 4.79 Å². The summed E-state index contributed by atoms with van der Waals surface area (Å²) < 4.78 is 5.10. The van der Waals surface area contributed by atoms with Crippen molar-refractivity contribution in [3.8, 4) is 0 Å². The third-order valence-electron chi connectivity index (χ3n) is 4.34. The van der Waals surface area contributed by atoms with E-state index < -0.39 is 0 Å². The van der Waals surface area contributed by atoms with E-state index in [4.69, 9.17) is 4.74 Å². The molecular weight excluding hydrogens is 254 g/mol. The van der Waals surface area contributed by atoms with Gasteiger partial charge in [0.1, 0.15) is 6.04 Å². The largest absolute Gasteiger partial charge is 0.464 e. The number of hydrogen-bond acceptors (Lipinski definition) is 3. The molecule has 0 aromatic carbocycles. The highest BCUT2D eigenvalue weighted by Crippen LogP contribution is 2.29. The standard InChI is InChI=1S/C16H29NO3/c1-6-20-15(19)13-9-7-8-10-17(13)14(18)11-12(2)16(3,4)5/h12-13H,6-11H2,1-5H3. The fourth-order valence-electron chi connectivity index (χ4n) is 2.40. The van der Waals surface area contributed by atoms with Crippen LogP contribution in [0.25, 0.3) is 0 Å². The van der Waals surface area contributed by atoms with E-state index in [-0.39, 0.29) is 23.3 Å². The predicted octanol–water partition coefficient (Wildman–Crippen LogP) is 3.00. The SMILES string of the molecule is CCOC(=O)C1CCCCN1C(=O)CC(C)C(C)(C)C. The van der Waals surface area contributed by atoms with Gasteiger partial charge in [0, 0.05) is 13.0 Å². The van der Waals surface area contributed by atoms with Gasteiger partial charge in [0.05, 0.1) is 6.61 Å². The molecule has 1 aliphatic heterocycles. The fourth-order valence-corrected chi connectivity index (χ4v) is 2.40. The van der Waals surface area contributed by atoms with Crippen molar-refractivity contribution in [3.63, 3.8) is 0 Å². The van der Waals surface area contributed by atoms with Crippen LogP contribution in [-0.2, 0) is 14.3 Å². The minimum absolute atomic E-state index is 0.0881. The number of nitrogens with zero attached hydrogens (tertiary/aromatic N) is 1. The van der Waals surface area contributed by atoms with Crippen LogP contribution in [0, 0.1) is 11.3 Å². The second kappa shape index (κ2) is 7.09. The summed E-state index contributed by atoms with van der Waals surface area (Å²) in [5.74, 6) is 0.133. The van der Waals surface area contributed by atoms with Crippen LogP contribution < -0.4 is 0 Å². The van der Waals surface area contributed by atoms with Crippen LogP contribution in [0.2, 0.25) is 0 Å². The first-order chi connectivity index (χ1) is 9.27. The summed E-state index contributed by atoms with van der Waals surface area (Å²) in [5.41, 5.74) is 0.102. The number of carbonyl (C=O) groups excluding carboxylic acids is 2. The molecule has 4 heteroatoms. The number of esters is 1. The van der Waals surface area contributed by atoms with Crippen LogP contribution >= 0.6 is 0 Å². The van der Waals surface area contributed by atoms with E-state index >= 15 is 0 Å². The maximum atomic E-state index is 12.5. The molecule has 1 amide bonds. The summed E-state index contributed by atoms with van der Waals surface area (Å²) in [5, 5.41) is 0. The van der Waals surface area contributed by atoms with Crippen LogP contribution in [0.1, 0.15) is 60.3 Å². The van der Waals surface area contributed by atoms with Crippen LogP contribution in [0.15, 0.2) is 0 Å². The molecule has 1 rings (SSSR count). The molecule has 0 bridgehead atoms. The van der Waals surface area contributed by atoms with Crippen molar-refractivity contribution in [3.05, 3.63) is 0 Å². The highest BCUT2D eigenvalue weighted by molar-refractivity contribution is 5.85. The summed E-state index contributed by atoms with van der Waals surface area (Å²) >= 11 is 0. The van der Waals surface area contributed by atoms with E-state index in [0.717, 1.165) is 19.3 Å². The van der Waals surface area contributed by atoms with E-state index in [1.807, 2.05) is 0 Å². The molecule has 1 fully saturated rings. The van der Waals surface area contributed by atoms with Crippen LogP contribution in [0.5, 0.6) is 0 Å². The minimum atomic E-state index is -0.372. The predicted molar refractivity (Wildman–Crippen MR) is 79.2 cm³/mol. The molecule has 20 heavy (non-hydrogen) atoms. The first-order valence-electron chi connectivity index (χ1n) is 7.73. The van der Waals surface area contributed by atoms with Gasteiger partial charge >= 0.3 is 5.97 Å². The zero-order chi connectivity index (χ0) is 15.3. The van der Waals surface area contributed by atoms with Crippen molar-refractivity contribution in [1.82, 2.24) is 4.90 Å². The summed E-state index contributed by atoms with van der Waals surface area (Å²) in [6.07, 6.45) is 3.20. The Bertz CT molecular complexity index is 346. The third-order valence-corrected chi connectivity index (χ3v) is 4.34. The maximum Gasteiger partial charge on any atom is 0.328 e. The first-order valence-corrected chi connectivity index (χ1v) is 7.73. The Kier molecular flexibility index (Phi) is 6.03. The lowest BCUT2D eigenvalue weighted by Crippen LogP contribution is -2.49. The Balaban J connectivity index is 2.70. The van der Waals surface area contributed by atoms with Gasteiger partial charge in [0.25, 0.3) is 0 Å². The van der Waals surface area contributed by atoms with Gasteiger partial charge in [-0.3, -0.25) is 4.79 Å². The lowest BCUT2D eigenvalue weighted by atomic mass is 9.79. The third kappa shape index (κ3) is 4.50. The van der Waals surface area contributed by atoms with Crippen molar-refractivity contribution >= 4 is 11.9 Å². The van der Waals surface area contributed by atoms with Crippen LogP contribution in [0.3, 0.4) is 0 Å². The summed E-state index contributed by atoms with van der Waals surface area (Å²) in [7, 11) is 0. The smallest absolute Gasteiger partial charge is 0.328 e. The van der Waals surface area contributed by atoms with E-state index in [1.54, 1.807) is 11.8 Å². The van der Waals surface area contributed by atoms with Crippen LogP contribution in [-0.4, -0.2) is 36.0 Å². The van der Waals surface area contributed by atoms with Gasteiger partial charge in [-0.2, -0.15) is 0 Å². The topological polar surface area (TPSA) is 46.6 Å². The zero-order valence-corrected chi connectivity index (χ0v) is 13.6. The molecule has 2 unspecified atom stereocenters. The normalized spacial score (nSPS) is 21.4. The molecule has 1 saturated heterocycles. The molecule has 1 aliphatic rings. The van der Waals surface area contributed by atoms with Crippen molar-refractivity contribution in [2.45, 2.75) is 66.3 Å². The molecule has 0 saturated carbocycles. The van der Waals surface area contributed by atoms with Gasteiger partial charge < -0.3 is 9.64 Å². The fraction of sp³-hybridized carbons (Fsp3) is 0.875. The molecule has 116 valence electrons. The number of ether oxygens (including phenoxy) is 1. The second-order valence-electron chi connectivity index (χ2n) is 6.82. The number of piperidine rings is 1. The quantitative estimate of drug-likeness (QED) is 0.745. The van der Waals surface area contributed by atoms with E-state index in [0.29, 0.717) is 25.5 Å². The molecule has 0 N–H and O–H groups in total. The number of amides is 1. The second-order valence-corrected chi connectivity index (χ2v) is 6.82. The van der Waals surface area contributed by atoms with Crippen molar-refractivity contribution in [2.75, 3.05) is 13.2 Å². The molecule has 1 heterocycles. The molecular formula is C16H29NO3. The lowest BCUT2D eigenvalue weighted by molar-refractivity contribution is -0.157. The van der Waals surface area contributed by atoms with Gasteiger partial charge in [0.2, 0.25) is 5.91 Å². The number of hydrogen-bond donors (Lipinski definition) is 0. The molecule has 0 aliphatic carbocycles. The van der Waals surface area contributed by atoms with E-state index in [2.05, 4.69) is 27.7 Å². The Morgan fingerprint density at radius 2 is 1.95 bits per heavy atom. The average molecular weight is 283 g/mol. The molecule has 0 aromatic heterocycles. The number of rotatable bonds is 4. The summed E-state index contributed by atoms with van der Waals surface area (Å²) in [6, 6.07) is -0.372. The molecule has 0 radical (unpaired) electrons. The average Bonchev–Trinajstić information content (AvgIpc) is 2.37. The Morgan fingerprint density at radius 3 is 2.50 bits per heavy atom. The number of likely N-dealkylation sites (tertiary alicyclic amines) is 1. The minimum Gasteiger partial charge on any atom is -0.464 e. The van der Waals surface area contributed by atoms with Crippen LogP contribution in [0.4, 0.5) is 0 Å². The monoisotopic (exact) mass is 283 g/mol. The molecule has 2 atom stereocenters. The Morgan fingerprint density at radius 1 is 1.30 bits per heavy atom. The Labute approximate surface area is 122 Å². The zero-order valence-electron chi connectivity index (χ0n) is 13.6. The maximum absolute atomic E-state index is 12.5. The van der Waals surface area contributed by atoms with Gasteiger partial charge in [-0.05, 0) is 37.5 Å². The molecule has 0 aromatic rings. The summed E-state index contributed by atoms with van der Waals surface area (Å²) in [6.45, 7) is 11.4. The van der Waals surface area contributed by atoms with Crippen molar-refractivity contribution < 1.29 is 14.3 Å². The first kappa shape index (κ1) is 17.0. The summed E-state index contributed by atoms with van der Waals surface area (Å²) in [4.78, 5) is 26.2. The number of carbonyl (C=O) groups is 2. The van der Waals surface area contributed by atoms with E-state index in [1.165, 1.54) is 0 Å². The molecule has 0 spiro atoms. The highest BCUT2D eigenvalue weighted by atomic mass is 16.5. The van der Waals surface area contributed by atoms with Crippen molar-refractivity contribution in [2.24, 2.45) is 11.3 Å². The van der Waals surface area contributed by atoms with Gasteiger partial charge in [0.15, 0.2) is 0 Å². The van der Waals surface area contributed by atoms with E-state index in [9.17, 15) is 9.59 Å².